The van der Waals surface area contributed by atoms with Crippen molar-refractivity contribution < 1.29 is 9.94 Å². The van der Waals surface area contributed by atoms with Gasteiger partial charge in [-0.3, -0.25) is 0 Å². The summed E-state index contributed by atoms with van der Waals surface area (Å²) in [7, 11) is 0. The van der Waals surface area contributed by atoms with Gasteiger partial charge >= 0.3 is 0 Å². The van der Waals surface area contributed by atoms with Gasteiger partial charge in [0.05, 0.1) is 0 Å². The molecule has 1 aliphatic carbocycles. The van der Waals surface area contributed by atoms with Crippen LogP contribution in [0.25, 0.3) is 10.4 Å². The van der Waals surface area contributed by atoms with Crippen LogP contribution >= 0.6 is 0 Å². The molecule has 0 spiro atoms. The number of hydrogen-bond donors (Lipinski definition) is 1. The van der Waals surface area contributed by atoms with Crippen molar-refractivity contribution in [3.8, 4) is 11.5 Å². The van der Waals surface area contributed by atoms with E-state index in [0.29, 0.717) is 5.75 Å². The summed E-state index contributed by atoms with van der Waals surface area (Å²) in [5, 5.41) is 13.5. The molecule has 1 aliphatic rings. The Labute approximate surface area is 229 Å². The van der Waals surface area contributed by atoms with E-state index in [2.05, 4.69) is 69.9 Å². The molecular weight excluding hydrogens is 486 g/mol. The highest BCUT2D eigenvalue weighted by Crippen LogP contribution is 2.40. The van der Waals surface area contributed by atoms with Crippen LogP contribution < -0.4 is 14.6 Å². The molecular formula is C32H31N5O2. The van der Waals surface area contributed by atoms with Crippen LogP contribution in [0.2, 0.25) is 0 Å². The molecule has 0 fully saturated rings. The van der Waals surface area contributed by atoms with Crippen molar-refractivity contribution in [3.63, 3.8) is 0 Å². The molecule has 0 aromatic heterocycles. The van der Waals surface area contributed by atoms with Crippen LogP contribution in [-0.2, 0) is 0 Å². The quantitative estimate of drug-likeness (QED) is 0.0954. The molecule has 7 heteroatoms. The van der Waals surface area contributed by atoms with Gasteiger partial charge in [0.15, 0.2) is 0 Å². The number of aromatic hydroxyl groups is 1. The highest BCUT2D eigenvalue weighted by Gasteiger charge is 2.20. The van der Waals surface area contributed by atoms with Crippen molar-refractivity contribution in [1.82, 2.24) is 0 Å². The molecule has 0 saturated heterocycles. The van der Waals surface area contributed by atoms with Gasteiger partial charge in [0.2, 0.25) is 0 Å². The summed E-state index contributed by atoms with van der Waals surface area (Å²) in [6, 6.07) is 20.9. The number of rotatable bonds is 10. The Morgan fingerprint density at radius 1 is 1.03 bits per heavy atom. The van der Waals surface area contributed by atoms with Gasteiger partial charge in [-0.25, -0.2) is 0 Å². The Hall–Kier alpha value is -5.13. The minimum Gasteiger partial charge on any atom is -0.508 e. The van der Waals surface area contributed by atoms with Gasteiger partial charge in [-0.15, -0.1) is 0 Å². The van der Waals surface area contributed by atoms with Gasteiger partial charge < -0.3 is 19.7 Å². The smallest absolute Gasteiger partial charge is 0.139 e. The first-order valence-corrected chi connectivity index (χ1v) is 12.7. The number of allylic oxidation sites excluding steroid dienone is 7. The van der Waals surface area contributed by atoms with Crippen molar-refractivity contribution in [2.45, 2.75) is 26.7 Å². The van der Waals surface area contributed by atoms with E-state index in [4.69, 9.17) is 10.4 Å². The van der Waals surface area contributed by atoms with E-state index >= 15 is 0 Å². The van der Waals surface area contributed by atoms with Gasteiger partial charge in [-0.1, -0.05) is 43.0 Å². The average molecular weight is 518 g/mol. The molecule has 39 heavy (non-hydrogen) atoms. The van der Waals surface area contributed by atoms with Crippen LogP contribution in [0.1, 0.15) is 25.3 Å². The Kier molecular flexibility index (Phi) is 8.91. The number of nitrogens with zero attached hydrogens (tertiary/aromatic N) is 5. The summed E-state index contributed by atoms with van der Waals surface area (Å²) >= 11 is 0. The molecule has 196 valence electrons. The van der Waals surface area contributed by atoms with E-state index in [1.165, 1.54) is 0 Å². The van der Waals surface area contributed by atoms with Gasteiger partial charge in [-0.05, 0) is 98.5 Å². The Balaban J connectivity index is 1.92. The predicted molar refractivity (Wildman–Crippen MR) is 159 cm³/mol. The molecule has 0 aliphatic heterocycles. The van der Waals surface area contributed by atoms with Crippen molar-refractivity contribution in [2.75, 3.05) is 9.80 Å². The van der Waals surface area contributed by atoms with Crippen molar-refractivity contribution in [3.05, 3.63) is 143 Å². The van der Waals surface area contributed by atoms with Gasteiger partial charge in [-0.2, -0.15) is 0 Å². The maximum absolute atomic E-state index is 10.3. The van der Waals surface area contributed by atoms with Crippen molar-refractivity contribution in [2.24, 2.45) is 5.28 Å². The SMILES string of the molecule is C=C/C(=C\C=C/C)N(c1cccc(ON=[N+]=[N-])c1)c1cc(C)cc(N(C2=CCCC=C2)c2cccc(O)c2)c1. The second kappa shape index (κ2) is 12.9. The lowest BCUT2D eigenvalue weighted by Gasteiger charge is -2.31. The lowest BCUT2D eigenvalue weighted by Crippen LogP contribution is -2.19. The van der Waals surface area contributed by atoms with E-state index in [9.17, 15) is 5.11 Å². The van der Waals surface area contributed by atoms with E-state index in [0.717, 1.165) is 52.5 Å². The number of azide groups is 1. The number of anilines is 4. The van der Waals surface area contributed by atoms with E-state index in [-0.39, 0.29) is 5.75 Å². The molecule has 3 aromatic carbocycles. The van der Waals surface area contributed by atoms with Crippen molar-refractivity contribution in [1.29, 1.82) is 0 Å². The monoisotopic (exact) mass is 517 g/mol. The molecule has 4 rings (SSSR count). The first kappa shape index (κ1) is 26.9. The second-order valence-electron chi connectivity index (χ2n) is 8.91. The van der Waals surface area contributed by atoms with Gasteiger partial charge in [0.25, 0.3) is 0 Å². The molecule has 0 bridgehead atoms. The van der Waals surface area contributed by atoms with Crippen LogP contribution in [0.5, 0.6) is 11.5 Å². The summed E-state index contributed by atoms with van der Waals surface area (Å²) in [5.74, 6) is 0.615. The Morgan fingerprint density at radius 2 is 1.82 bits per heavy atom. The molecule has 0 radical (unpaired) electrons. The van der Waals surface area contributed by atoms with Crippen molar-refractivity contribution >= 4 is 22.7 Å². The molecule has 7 nitrogen and oxygen atoms in total. The average Bonchev–Trinajstić information content (AvgIpc) is 2.95. The van der Waals surface area contributed by atoms with Crippen LogP contribution in [0.4, 0.5) is 22.7 Å². The van der Waals surface area contributed by atoms with E-state index in [1.807, 2.05) is 55.5 Å². The first-order chi connectivity index (χ1) is 19.0. The maximum Gasteiger partial charge on any atom is 0.139 e. The maximum atomic E-state index is 10.3. The van der Waals surface area contributed by atoms with Crippen LogP contribution in [0.3, 0.4) is 0 Å². The molecule has 0 saturated carbocycles. The standard InChI is InChI=1S/C32H31N5O2/c1-4-6-12-25(5-2)36(28-16-11-18-32(23-28)39-35-34-33)29-19-24(3)20-30(21-29)37(26-13-8-7-9-14-26)27-15-10-17-31(38)22-27/h4-6,8,10-23,38H,2,7,9H2,1,3H3/b6-4-,25-12+. The van der Waals surface area contributed by atoms with Crippen LogP contribution in [-0.4, -0.2) is 5.11 Å². The minimum absolute atomic E-state index is 0.201. The lowest BCUT2D eigenvalue weighted by molar-refractivity contribution is 0.333. The van der Waals surface area contributed by atoms with Gasteiger partial charge in [0, 0.05) is 51.2 Å². The summed E-state index contributed by atoms with van der Waals surface area (Å²) in [4.78, 5) is 12.1. The Morgan fingerprint density at radius 3 is 2.54 bits per heavy atom. The zero-order valence-corrected chi connectivity index (χ0v) is 22.1. The topological polar surface area (TPSA) is 84.7 Å². The molecule has 0 heterocycles. The summed E-state index contributed by atoms with van der Waals surface area (Å²) in [6.45, 7) is 8.08. The summed E-state index contributed by atoms with van der Waals surface area (Å²) < 4.78 is 0. The fourth-order valence-electron chi connectivity index (χ4n) is 4.47. The van der Waals surface area contributed by atoms with Crippen LogP contribution in [0.15, 0.2) is 133 Å². The fourth-order valence-corrected chi connectivity index (χ4v) is 4.47. The second-order valence-corrected chi connectivity index (χ2v) is 8.91. The third kappa shape index (κ3) is 6.60. The number of benzene rings is 3. The normalized spacial score (nSPS) is 13.0. The minimum atomic E-state index is 0.201. The summed E-state index contributed by atoms with van der Waals surface area (Å²) in [5.41, 5.74) is 15.1. The van der Waals surface area contributed by atoms with Crippen LogP contribution in [0, 0.1) is 6.92 Å². The number of phenols is 1. The third-order valence-corrected chi connectivity index (χ3v) is 6.07. The zero-order chi connectivity index (χ0) is 27.6. The number of aryl methyl sites for hydroxylation is 1. The lowest BCUT2D eigenvalue weighted by atomic mass is 10.1. The first-order valence-electron chi connectivity index (χ1n) is 12.7. The molecule has 0 atom stereocenters. The number of phenolic OH excluding ortho intramolecular Hbond substituents is 1. The molecule has 3 aromatic rings. The Bertz CT molecular complexity index is 1510. The van der Waals surface area contributed by atoms with Gasteiger partial charge in [0.1, 0.15) is 16.8 Å². The fraction of sp³-hybridized carbons (Fsp3) is 0.125. The molecule has 1 N–H and O–H groups in total. The molecule has 0 amide bonds. The highest BCUT2D eigenvalue weighted by atomic mass is 16.6. The predicted octanol–water partition coefficient (Wildman–Crippen LogP) is 9.46. The highest BCUT2D eigenvalue weighted by molar-refractivity contribution is 5.79. The largest absolute Gasteiger partial charge is 0.508 e. The summed E-state index contributed by atoms with van der Waals surface area (Å²) in [6.07, 6.45) is 16.1. The van der Waals surface area contributed by atoms with E-state index in [1.54, 1.807) is 24.3 Å². The zero-order valence-electron chi connectivity index (χ0n) is 22.1. The van der Waals surface area contributed by atoms with E-state index < -0.39 is 0 Å². The third-order valence-electron chi connectivity index (χ3n) is 6.07. The number of hydrogen-bond acceptors (Lipinski definition) is 5. The molecule has 0 unspecified atom stereocenters.